The molecule has 3 N–H and O–H groups in total. The van der Waals surface area contributed by atoms with E-state index in [4.69, 9.17) is 5.73 Å². The smallest absolute Gasteiger partial charge is 0.254 e. The standard InChI is InChI=1S/C14H11BrF2N2O/c15-9-3-1-2-8(4-9)7-19-14(20)10-5-13(18)12(17)6-11(10)16/h1-6H,7,18H2,(H,19,20). The molecule has 0 radical (unpaired) electrons. The van der Waals surface area contributed by atoms with Crippen molar-refractivity contribution in [2.75, 3.05) is 5.73 Å². The van der Waals surface area contributed by atoms with Crippen LogP contribution in [0.15, 0.2) is 40.9 Å². The zero-order valence-electron chi connectivity index (χ0n) is 10.3. The summed E-state index contributed by atoms with van der Waals surface area (Å²) < 4.78 is 27.4. The van der Waals surface area contributed by atoms with Crippen molar-refractivity contribution in [3.8, 4) is 0 Å². The minimum absolute atomic E-state index is 0.231. The largest absolute Gasteiger partial charge is 0.396 e. The van der Waals surface area contributed by atoms with Gasteiger partial charge in [-0.05, 0) is 23.8 Å². The van der Waals surface area contributed by atoms with E-state index in [9.17, 15) is 13.6 Å². The van der Waals surface area contributed by atoms with Crippen LogP contribution in [0.5, 0.6) is 0 Å². The van der Waals surface area contributed by atoms with Gasteiger partial charge < -0.3 is 11.1 Å². The van der Waals surface area contributed by atoms with Crippen molar-refractivity contribution in [2.45, 2.75) is 6.54 Å². The molecular formula is C14H11BrF2N2O. The van der Waals surface area contributed by atoms with Crippen LogP contribution in [0.4, 0.5) is 14.5 Å². The molecule has 0 saturated carbocycles. The molecule has 2 aromatic carbocycles. The van der Waals surface area contributed by atoms with Crippen LogP contribution in [0.1, 0.15) is 15.9 Å². The maximum Gasteiger partial charge on any atom is 0.254 e. The number of carbonyl (C=O) groups excluding carboxylic acids is 1. The molecule has 0 aliphatic heterocycles. The lowest BCUT2D eigenvalue weighted by atomic mass is 10.1. The average molecular weight is 341 g/mol. The topological polar surface area (TPSA) is 55.1 Å². The fourth-order valence-electron chi connectivity index (χ4n) is 1.66. The van der Waals surface area contributed by atoms with Crippen molar-refractivity contribution in [2.24, 2.45) is 0 Å². The van der Waals surface area contributed by atoms with Gasteiger partial charge in [-0.2, -0.15) is 0 Å². The molecule has 0 aliphatic rings. The van der Waals surface area contributed by atoms with E-state index in [2.05, 4.69) is 21.2 Å². The van der Waals surface area contributed by atoms with Crippen molar-refractivity contribution in [3.63, 3.8) is 0 Å². The van der Waals surface area contributed by atoms with Crippen LogP contribution in [0.25, 0.3) is 0 Å². The van der Waals surface area contributed by atoms with Gasteiger partial charge in [0.05, 0.1) is 11.3 Å². The Kier molecular flexibility index (Phi) is 4.34. The molecule has 0 bridgehead atoms. The summed E-state index contributed by atoms with van der Waals surface area (Å²) >= 11 is 3.31. The van der Waals surface area contributed by atoms with Gasteiger partial charge in [0.1, 0.15) is 11.6 Å². The van der Waals surface area contributed by atoms with Crippen molar-refractivity contribution >= 4 is 27.5 Å². The normalized spacial score (nSPS) is 10.3. The van der Waals surface area contributed by atoms with E-state index in [1.165, 1.54) is 0 Å². The van der Waals surface area contributed by atoms with Crippen molar-refractivity contribution in [3.05, 3.63) is 63.6 Å². The monoisotopic (exact) mass is 340 g/mol. The van der Waals surface area contributed by atoms with E-state index in [0.717, 1.165) is 16.1 Å². The third kappa shape index (κ3) is 3.33. The highest BCUT2D eigenvalue weighted by atomic mass is 79.9. The summed E-state index contributed by atoms with van der Waals surface area (Å²) in [4.78, 5) is 11.8. The lowest BCUT2D eigenvalue weighted by molar-refractivity contribution is 0.0947. The fourth-order valence-corrected chi connectivity index (χ4v) is 2.11. The average Bonchev–Trinajstić information content (AvgIpc) is 2.40. The number of hydrogen-bond acceptors (Lipinski definition) is 2. The second kappa shape index (κ2) is 6.00. The Morgan fingerprint density at radius 2 is 1.95 bits per heavy atom. The van der Waals surface area contributed by atoms with E-state index < -0.39 is 17.5 Å². The molecule has 104 valence electrons. The number of nitrogens with two attached hydrogens (primary N) is 1. The highest BCUT2D eigenvalue weighted by Gasteiger charge is 2.14. The number of anilines is 1. The Balaban J connectivity index is 2.11. The van der Waals surface area contributed by atoms with Gasteiger partial charge in [0.15, 0.2) is 0 Å². The molecule has 6 heteroatoms. The van der Waals surface area contributed by atoms with E-state index in [1.807, 2.05) is 24.3 Å². The van der Waals surface area contributed by atoms with Crippen LogP contribution in [0, 0.1) is 11.6 Å². The van der Waals surface area contributed by atoms with Crippen LogP contribution in [-0.2, 0) is 6.54 Å². The molecule has 0 unspecified atom stereocenters. The Hall–Kier alpha value is -1.95. The maximum absolute atomic E-state index is 13.5. The summed E-state index contributed by atoms with van der Waals surface area (Å²) in [7, 11) is 0. The fraction of sp³-hybridized carbons (Fsp3) is 0.0714. The molecule has 0 saturated heterocycles. The summed E-state index contributed by atoms with van der Waals surface area (Å²) in [6, 6.07) is 8.91. The summed E-state index contributed by atoms with van der Waals surface area (Å²) in [5.41, 5.74) is 5.63. The number of benzene rings is 2. The minimum atomic E-state index is -0.941. The minimum Gasteiger partial charge on any atom is -0.396 e. The van der Waals surface area contributed by atoms with Gasteiger partial charge in [-0.1, -0.05) is 28.1 Å². The summed E-state index contributed by atoms with van der Waals surface area (Å²) in [6.45, 7) is 0.231. The van der Waals surface area contributed by atoms with Gasteiger partial charge in [-0.25, -0.2) is 8.78 Å². The van der Waals surface area contributed by atoms with Crippen LogP contribution in [0.2, 0.25) is 0 Å². The van der Waals surface area contributed by atoms with Gasteiger partial charge in [-0.3, -0.25) is 4.79 Å². The van der Waals surface area contributed by atoms with Gasteiger partial charge >= 0.3 is 0 Å². The molecule has 2 aromatic rings. The molecule has 0 spiro atoms. The van der Waals surface area contributed by atoms with Crippen molar-refractivity contribution in [1.82, 2.24) is 5.32 Å². The molecule has 0 fully saturated rings. The number of halogens is 3. The molecule has 20 heavy (non-hydrogen) atoms. The third-order valence-corrected chi connectivity index (χ3v) is 3.17. The predicted octanol–water partition coefficient (Wildman–Crippen LogP) is 3.24. The molecular weight excluding hydrogens is 330 g/mol. The molecule has 3 nitrogen and oxygen atoms in total. The number of nitrogen functional groups attached to an aromatic ring is 1. The molecule has 0 atom stereocenters. The SMILES string of the molecule is Nc1cc(C(=O)NCc2cccc(Br)c2)c(F)cc1F. The van der Waals surface area contributed by atoms with Gasteiger partial charge in [0.2, 0.25) is 0 Å². The third-order valence-electron chi connectivity index (χ3n) is 2.67. The molecule has 0 aromatic heterocycles. The molecule has 2 rings (SSSR count). The van der Waals surface area contributed by atoms with Crippen LogP contribution in [0.3, 0.4) is 0 Å². The number of rotatable bonds is 3. The lowest BCUT2D eigenvalue weighted by Crippen LogP contribution is -2.24. The van der Waals surface area contributed by atoms with Gasteiger partial charge in [0, 0.05) is 17.1 Å². The van der Waals surface area contributed by atoms with E-state index >= 15 is 0 Å². The first-order chi connectivity index (χ1) is 9.47. The van der Waals surface area contributed by atoms with Crippen molar-refractivity contribution < 1.29 is 13.6 Å². The second-order valence-electron chi connectivity index (χ2n) is 4.17. The number of amides is 1. The lowest BCUT2D eigenvalue weighted by Gasteiger charge is -2.08. The summed E-state index contributed by atoms with van der Waals surface area (Å²) in [5.74, 6) is -2.47. The number of hydrogen-bond donors (Lipinski definition) is 2. The zero-order valence-corrected chi connectivity index (χ0v) is 11.9. The van der Waals surface area contributed by atoms with Gasteiger partial charge in [0.25, 0.3) is 5.91 Å². The number of nitrogens with one attached hydrogen (secondary N) is 1. The molecule has 0 aliphatic carbocycles. The Morgan fingerprint density at radius 1 is 1.20 bits per heavy atom. The quantitative estimate of drug-likeness (QED) is 0.842. The first-order valence-corrected chi connectivity index (χ1v) is 6.54. The first-order valence-electron chi connectivity index (χ1n) is 5.74. The predicted molar refractivity (Wildman–Crippen MR) is 76.1 cm³/mol. The maximum atomic E-state index is 13.5. The Bertz CT molecular complexity index is 662. The Morgan fingerprint density at radius 3 is 2.65 bits per heavy atom. The highest BCUT2D eigenvalue weighted by molar-refractivity contribution is 9.10. The van der Waals surface area contributed by atoms with E-state index in [1.54, 1.807) is 0 Å². The van der Waals surface area contributed by atoms with E-state index in [-0.39, 0.29) is 17.8 Å². The second-order valence-corrected chi connectivity index (χ2v) is 5.08. The first kappa shape index (κ1) is 14.5. The van der Waals surface area contributed by atoms with Gasteiger partial charge in [-0.15, -0.1) is 0 Å². The zero-order chi connectivity index (χ0) is 14.7. The Labute approximate surface area is 122 Å². The summed E-state index contributed by atoms with van der Waals surface area (Å²) in [5, 5.41) is 2.55. The molecule has 1 amide bonds. The van der Waals surface area contributed by atoms with Crippen LogP contribution in [-0.4, -0.2) is 5.91 Å². The van der Waals surface area contributed by atoms with Crippen molar-refractivity contribution in [1.29, 1.82) is 0 Å². The van der Waals surface area contributed by atoms with Crippen LogP contribution >= 0.6 is 15.9 Å². The van der Waals surface area contributed by atoms with Crippen LogP contribution < -0.4 is 11.1 Å². The van der Waals surface area contributed by atoms with E-state index in [0.29, 0.717) is 6.07 Å². The summed E-state index contributed by atoms with van der Waals surface area (Å²) in [6.07, 6.45) is 0. The number of carbonyl (C=O) groups is 1. The highest BCUT2D eigenvalue weighted by Crippen LogP contribution is 2.17. The molecule has 0 heterocycles.